The molecule has 0 aliphatic heterocycles. The standard InChI is InChI=1S/C28H40N7O5P/c1-7-15-38-28(23(37-6)17-40-41(39-16-11-14-29)35(20(2)3)21(4)5)34-19-32-24-25(30-18-31-26(24)34)33-27(36)22-12-9-8-10-13-22/h8-10,12-13,18-21,23,28H,7,11,15-17H2,1-6H3,(H,30,31,33,36)/t23-,28-,41?/m1/s1. The number of aromatic nitrogens is 4. The lowest BCUT2D eigenvalue weighted by Gasteiger charge is -2.36. The van der Waals surface area contributed by atoms with Crippen LogP contribution >= 0.6 is 8.53 Å². The summed E-state index contributed by atoms with van der Waals surface area (Å²) in [6.07, 6.45) is 2.84. The molecule has 0 spiro atoms. The second kappa shape index (κ2) is 16.4. The number of nitriles is 1. The molecule has 2 aromatic heterocycles. The highest BCUT2D eigenvalue weighted by Crippen LogP contribution is 2.46. The summed E-state index contributed by atoms with van der Waals surface area (Å²) < 4.78 is 28.5. The summed E-state index contributed by atoms with van der Waals surface area (Å²) in [6, 6.07) is 11.3. The van der Waals surface area contributed by atoms with E-state index in [1.807, 2.05) is 13.0 Å². The Bertz CT molecular complexity index is 1260. The van der Waals surface area contributed by atoms with Gasteiger partial charge < -0.3 is 23.8 Å². The topological polar surface area (TPSA) is 137 Å². The molecule has 2 heterocycles. The van der Waals surface area contributed by atoms with Crippen molar-refractivity contribution in [2.24, 2.45) is 0 Å². The molecule has 0 saturated heterocycles. The molecule has 0 radical (unpaired) electrons. The SMILES string of the molecule is CCCO[C@H]([C@@H](COP(OCCC#N)N(C(C)C)C(C)C)OC)n1cnc2c(NC(=O)c3ccccc3)ncnc21. The van der Waals surface area contributed by atoms with Gasteiger partial charge in [0.2, 0.25) is 0 Å². The van der Waals surface area contributed by atoms with Crippen molar-refractivity contribution in [3.05, 3.63) is 48.5 Å². The van der Waals surface area contributed by atoms with Crippen LogP contribution in [0.15, 0.2) is 43.0 Å². The molecule has 3 atom stereocenters. The van der Waals surface area contributed by atoms with E-state index in [-0.39, 0.29) is 37.6 Å². The monoisotopic (exact) mass is 585 g/mol. The summed E-state index contributed by atoms with van der Waals surface area (Å²) in [7, 11) is 0.123. The van der Waals surface area contributed by atoms with Crippen molar-refractivity contribution in [1.29, 1.82) is 5.26 Å². The van der Waals surface area contributed by atoms with E-state index in [2.05, 4.69) is 58.7 Å². The van der Waals surface area contributed by atoms with Gasteiger partial charge in [0.05, 0.1) is 32.0 Å². The molecular weight excluding hydrogens is 545 g/mol. The van der Waals surface area contributed by atoms with Gasteiger partial charge in [0.25, 0.3) is 14.4 Å². The van der Waals surface area contributed by atoms with Crippen LogP contribution < -0.4 is 5.32 Å². The average Bonchev–Trinajstić information content (AvgIpc) is 3.39. The number of nitrogens with one attached hydrogen (secondary N) is 1. The summed E-state index contributed by atoms with van der Waals surface area (Å²) in [4.78, 5) is 26.0. The van der Waals surface area contributed by atoms with E-state index in [0.717, 1.165) is 6.42 Å². The predicted octanol–water partition coefficient (Wildman–Crippen LogP) is 5.31. The first kappa shape index (κ1) is 32.5. The Morgan fingerprint density at radius 2 is 1.83 bits per heavy atom. The Kier molecular flexibility index (Phi) is 13.0. The number of amides is 1. The molecular formula is C28H40N7O5P. The molecule has 1 amide bonds. The fraction of sp³-hybridized carbons (Fsp3) is 0.536. The molecule has 1 aromatic carbocycles. The molecule has 222 valence electrons. The molecule has 13 heteroatoms. The van der Waals surface area contributed by atoms with Gasteiger partial charge in [-0.2, -0.15) is 5.26 Å². The number of nitrogens with zero attached hydrogens (tertiary/aromatic N) is 6. The number of ether oxygens (including phenoxy) is 2. The van der Waals surface area contributed by atoms with Crippen molar-refractivity contribution in [2.45, 2.75) is 71.9 Å². The summed E-state index contributed by atoms with van der Waals surface area (Å²) in [5.41, 5.74) is 1.40. The van der Waals surface area contributed by atoms with Crippen LogP contribution in [0.1, 0.15) is 64.0 Å². The van der Waals surface area contributed by atoms with E-state index in [9.17, 15) is 4.79 Å². The number of imidazole rings is 1. The van der Waals surface area contributed by atoms with Crippen LogP contribution in [-0.2, 0) is 18.5 Å². The molecule has 1 unspecified atom stereocenters. The molecule has 0 fully saturated rings. The minimum Gasteiger partial charge on any atom is -0.374 e. The third kappa shape index (κ3) is 8.72. The Labute approximate surface area is 242 Å². The lowest BCUT2D eigenvalue weighted by Crippen LogP contribution is -2.36. The third-order valence-electron chi connectivity index (χ3n) is 6.03. The number of methoxy groups -OCH3 is 1. The largest absolute Gasteiger partial charge is 0.374 e. The van der Waals surface area contributed by atoms with Crippen molar-refractivity contribution in [1.82, 2.24) is 24.2 Å². The summed E-state index contributed by atoms with van der Waals surface area (Å²) in [5, 5.41) is 11.8. The fourth-order valence-electron chi connectivity index (χ4n) is 4.22. The number of carbonyl (C=O) groups excluding carboxylic acids is 1. The summed E-state index contributed by atoms with van der Waals surface area (Å²) in [6.45, 7) is 11.2. The van der Waals surface area contributed by atoms with Gasteiger partial charge in [-0.15, -0.1) is 0 Å². The number of hydrogen-bond acceptors (Lipinski definition) is 10. The first-order chi connectivity index (χ1) is 19.8. The minimum atomic E-state index is -1.47. The number of rotatable bonds is 17. The quantitative estimate of drug-likeness (QED) is 0.164. The average molecular weight is 586 g/mol. The summed E-state index contributed by atoms with van der Waals surface area (Å²) in [5.74, 6) is -0.00676. The van der Waals surface area contributed by atoms with Crippen LogP contribution in [0.25, 0.3) is 11.2 Å². The molecule has 41 heavy (non-hydrogen) atoms. The zero-order valence-electron chi connectivity index (χ0n) is 24.6. The number of fused-ring (bicyclic) bond motifs is 1. The number of carbonyl (C=O) groups is 1. The Morgan fingerprint density at radius 1 is 1.10 bits per heavy atom. The van der Waals surface area contributed by atoms with Crippen LogP contribution in [0, 0.1) is 11.3 Å². The van der Waals surface area contributed by atoms with Gasteiger partial charge in [0.15, 0.2) is 23.2 Å². The lowest BCUT2D eigenvalue weighted by molar-refractivity contribution is -0.109. The molecule has 0 aliphatic carbocycles. The Balaban J connectivity index is 1.88. The smallest absolute Gasteiger partial charge is 0.259 e. The van der Waals surface area contributed by atoms with Gasteiger partial charge in [-0.3, -0.25) is 9.36 Å². The highest BCUT2D eigenvalue weighted by Gasteiger charge is 2.32. The highest BCUT2D eigenvalue weighted by atomic mass is 31.2. The molecule has 0 saturated carbocycles. The van der Waals surface area contributed by atoms with Gasteiger partial charge in [-0.25, -0.2) is 19.6 Å². The van der Waals surface area contributed by atoms with E-state index in [1.54, 1.807) is 42.3 Å². The fourth-order valence-corrected chi connectivity index (χ4v) is 5.84. The molecule has 3 rings (SSSR count). The van der Waals surface area contributed by atoms with E-state index in [0.29, 0.717) is 29.2 Å². The van der Waals surface area contributed by atoms with Gasteiger partial charge in [-0.05, 0) is 46.2 Å². The summed E-state index contributed by atoms with van der Waals surface area (Å²) >= 11 is 0. The number of benzene rings is 1. The number of hydrogen-bond donors (Lipinski definition) is 1. The minimum absolute atomic E-state index is 0.154. The first-order valence-corrected chi connectivity index (χ1v) is 14.8. The van der Waals surface area contributed by atoms with Gasteiger partial charge >= 0.3 is 0 Å². The second-order valence-electron chi connectivity index (χ2n) is 9.74. The Hall–Kier alpha value is -3.04. The van der Waals surface area contributed by atoms with Gasteiger partial charge in [0, 0.05) is 31.4 Å². The highest BCUT2D eigenvalue weighted by molar-refractivity contribution is 7.44. The lowest BCUT2D eigenvalue weighted by atomic mass is 10.2. The van der Waals surface area contributed by atoms with Crippen LogP contribution in [0.4, 0.5) is 5.82 Å². The maximum absolute atomic E-state index is 12.8. The Morgan fingerprint density at radius 3 is 2.46 bits per heavy atom. The zero-order chi connectivity index (χ0) is 29.8. The maximum Gasteiger partial charge on any atom is 0.259 e. The van der Waals surface area contributed by atoms with Crippen LogP contribution in [0.5, 0.6) is 0 Å². The second-order valence-corrected chi connectivity index (χ2v) is 11.2. The molecule has 12 nitrogen and oxygen atoms in total. The molecule has 0 aliphatic rings. The third-order valence-corrected chi connectivity index (χ3v) is 8.10. The van der Waals surface area contributed by atoms with Crippen molar-refractivity contribution in [3.8, 4) is 6.07 Å². The van der Waals surface area contributed by atoms with Crippen molar-refractivity contribution in [3.63, 3.8) is 0 Å². The van der Waals surface area contributed by atoms with Gasteiger partial charge in [0.1, 0.15) is 12.4 Å². The van der Waals surface area contributed by atoms with Crippen molar-refractivity contribution in [2.75, 3.05) is 32.2 Å². The van der Waals surface area contributed by atoms with Crippen LogP contribution in [-0.4, -0.2) is 75.2 Å². The predicted molar refractivity (Wildman–Crippen MR) is 157 cm³/mol. The molecule has 3 aromatic rings. The normalized spacial score (nSPS) is 14.0. The van der Waals surface area contributed by atoms with Crippen LogP contribution in [0.3, 0.4) is 0 Å². The van der Waals surface area contributed by atoms with E-state index >= 15 is 0 Å². The zero-order valence-corrected chi connectivity index (χ0v) is 25.5. The van der Waals surface area contributed by atoms with E-state index in [4.69, 9.17) is 23.8 Å². The first-order valence-electron chi connectivity index (χ1n) is 13.7. The molecule has 1 N–H and O–H groups in total. The van der Waals surface area contributed by atoms with Crippen molar-refractivity contribution < 1.29 is 23.3 Å². The van der Waals surface area contributed by atoms with Gasteiger partial charge in [-0.1, -0.05) is 25.1 Å². The van der Waals surface area contributed by atoms with E-state index < -0.39 is 20.9 Å². The van der Waals surface area contributed by atoms with E-state index in [1.165, 1.54) is 6.33 Å². The number of anilines is 1. The van der Waals surface area contributed by atoms with Crippen molar-refractivity contribution >= 4 is 31.4 Å². The molecule has 0 bridgehead atoms. The van der Waals surface area contributed by atoms with Crippen LogP contribution in [0.2, 0.25) is 0 Å². The maximum atomic E-state index is 12.8.